The molecule has 0 aliphatic carbocycles. The minimum absolute atomic E-state index is 0.0674. The van der Waals surface area contributed by atoms with Gasteiger partial charge < -0.3 is 15.0 Å². The van der Waals surface area contributed by atoms with Crippen LogP contribution in [0.4, 0.5) is 30.6 Å². The first-order valence-electron chi connectivity index (χ1n) is 10.7. The molecule has 1 unspecified atom stereocenters. The maximum Gasteiger partial charge on any atom is 0.421 e. The maximum absolute atomic E-state index is 13.6. The third kappa shape index (κ3) is 6.98. The number of piperidine rings is 1. The second-order valence-electron chi connectivity index (χ2n) is 7.31. The molecule has 0 radical (unpaired) electrons. The number of ether oxygens (including phenoxy) is 1. The summed E-state index contributed by atoms with van der Waals surface area (Å²) in [6.07, 6.45) is -1.80. The van der Waals surface area contributed by atoms with Crippen molar-refractivity contribution in [3.8, 4) is 0 Å². The first-order valence-corrected chi connectivity index (χ1v) is 11.5. The lowest BCUT2D eigenvalue weighted by atomic mass is 10.00. The lowest BCUT2D eigenvalue weighted by molar-refractivity contribution is -0.137. The third-order valence-electron chi connectivity index (χ3n) is 4.87. The topological polar surface area (TPSA) is 62.3 Å². The van der Waals surface area contributed by atoms with Gasteiger partial charge in [-0.15, -0.1) is 0 Å². The van der Waals surface area contributed by atoms with Crippen molar-refractivity contribution in [3.05, 3.63) is 35.5 Å². The van der Waals surface area contributed by atoms with E-state index in [1.807, 2.05) is 46.0 Å². The number of hydrogen-bond acceptors (Lipinski definition) is 7. The van der Waals surface area contributed by atoms with E-state index in [9.17, 15) is 13.2 Å². The molecule has 1 aromatic carbocycles. The van der Waals surface area contributed by atoms with Gasteiger partial charge in [-0.3, -0.25) is 4.72 Å². The van der Waals surface area contributed by atoms with Gasteiger partial charge in [-0.05, 0) is 56.0 Å². The summed E-state index contributed by atoms with van der Waals surface area (Å²) >= 11 is 1.46. The summed E-state index contributed by atoms with van der Waals surface area (Å²) in [7, 11) is 3.41. The van der Waals surface area contributed by atoms with Crippen molar-refractivity contribution >= 4 is 29.4 Å². The lowest BCUT2D eigenvalue weighted by Crippen LogP contribution is -2.36. The standard InChI is InChI=1S/C20H26F3N5OS.C2H6/c1-13-5-4-8-28(11-13)18-16(20(21,22)23)10-25-19(27-18)26-17-7-6-15(30-24-2)9-14(17)12-29-3;1-2/h6-7,9-10,13,24H,4-5,8,11-12H2,1-3H3,(H,25,26,27);1-2H3. The first-order chi connectivity index (χ1) is 15.3. The van der Waals surface area contributed by atoms with E-state index >= 15 is 0 Å². The predicted molar refractivity (Wildman–Crippen MR) is 124 cm³/mol. The van der Waals surface area contributed by atoms with Crippen molar-refractivity contribution in [2.45, 2.75) is 51.3 Å². The summed E-state index contributed by atoms with van der Waals surface area (Å²) in [6, 6.07) is 5.70. The van der Waals surface area contributed by atoms with E-state index in [1.165, 1.54) is 11.9 Å². The molecule has 32 heavy (non-hydrogen) atoms. The number of benzene rings is 1. The summed E-state index contributed by atoms with van der Waals surface area (Å²) in [5, 5.41) is 3.07. The van der Waals surface area contributed by atoms with Crippen molar-refractivity contribution in [2.24, 2.45) is 5.92 Å². The van der Waals surface area contributed by atoms with E-state index in [4.69, 9.17) is 4.74 Å². The van der Waals surface area contributed by atoms with Gasteiger partial charge in [0.05, 0.1) is 6.61 Å². The van der Waals surface area contributed by atoms with Crippen LogP contribution in [-0.2, 0) is 17.5 Å². The minimum atomic E-state index is -4.51. The average Bonchev–Trinajstić information content (AvgIpc) is 2.76. The molecule has 178 valence electrons. The molecule has 1 aliphatic rings. The summed E-state index contributed by atoms with van der Waals surface area (Å²) < 4.78 is 49.0. The molecule has 1 atom stereocenters. The Balaban J connectivity index is 0.00000176. The van der Waals surface area contributed by atoms with Gasteiger partial charge in [0.1, 0.15) is 11.4 Å². The number of nitrogens with zero attached hydrogens (tertiary/aromatic N) is 3. The van der Waals surface area contributed by atoms with Gasteiger partial charge in [-0.2, -0.15) is 18.2 Å². The zero-order valence-corrected chi connectivity index (χ0v) is 20.0. The fourth-order valence-electron chi connectivity index (χ4n) is 3.52. The fourth-order valence-corrected chi connectivity index (χ4v) is 4.10. The summed E-state index contributed by atoms with van der Waals surface area (Å²) in [6.45, 7) is 7.48. The van der Waals surface area contributed by atoms with Gasteiger partial charge in [0.25, 0.3) is 0 Å². The Labute approximate surface area is 192 Å². The van der Waals surface area contributed by atoms with Crippen LogP contribution in [0.5, 0.6) is 0 Å². The first kappa shape index (κ1) is 26.2. The van der Waals surface area contributed by atoms with E-state index in [0.29, 0.717) is 31.3 Å². The highest BCUT2D eigenvalue weighted by molar-refractivity contribution is 7.97. The van der Waals surface area contributed by atoms with Crippen molar-refractivity contribution in [1.82, 2.24) is 14.7 Å². The van der Waals surface area contributed by atoms with E-state index in [1.54, 1.807) is 12.0 Å². The lowest BCUT2D eigenvalue weighted by Gasteiger charge is -2.33. The molecular weight excluding hydrogens is 439 g/mol. The van der Waals surface area contributed by atoms with Crippen LogP contribution >= 0.6 is 11.9 Å². The molecule has 0 amide bonds. The van der Waals surface area contributed by atoms with Gasteiger partial charge in [-0.25, -0.2) is 4.98 Å². The van der Waals surface area contributed by atoms with Gasteiger partial charge in [0, 0.05) is 42.5 Å². The third-order valence-corrected chi connectivity index (χ3v) is 5.57. The number of methoxy groups -OCH3 is 1. The molecule has 2 N–H and O–H groups in total. The van der Waals surface area contributed by atoms with Crippen LogP contribution in [0, 0.1) is 5.92 Å². The Hall–Kier alpha value is -2.04. The number of halogens is 3. The molecule has 1 aliphatic heterocycles. The number of hydrogen-bond donors (Lipinski definition) is 2. The van der Waals surface area contributed by atoms with Crippen LogP contribution in [-0.4, -0.2) is 37.2 Å². The summed E-state index contributed by atoms with van der Waals surface area (Å²) in [4.78, 5) is 10.9. The van der Waals surface area contributed by atoms with Gasteiger partial charge in [0.15, 0.2) is 0 Å². The predicted octanol–water partition coefficient (Wildman–Crippen LogP) is 5.87. The number of rotatable bonds is 7. The van der Waals surface area contributed by atoms with Crippen LogP contribution < -0.4 is 14.9 Å². The van der Waals surface area contributed by atoms with Crippen LogP contribution in [0.1, 0.15) is 44.7 Å². The van der Waals surface area contributed by atoms with Crippen LogP contribution in [0.15, 0.2) is 29.3 Å². The van der Waals surface area contributed by atoms with Crippen molar-refractivity contribution in [1.29, 1.82) is 0 Å². The van der Waals surface area contributed by atoms with Gasteiger partial charge in [0.2, 0.25) is 5.95 Å². The van der Waals surface area contributed by atoms with E-state index in [0.717, 1.165) is 29.5 Å². The molecule has 0 bridgehead atoms. The number of nitrogens with one attached hydrogen (secondary N) is 2. The molecule has 2 aromatic rings. The fraction of sp³-hybridized carbons (Fsp3) is 0.545. The Kier molecular flexibility index (Phi) is 10.0. The zero-order valence-electron chi connectivity index (χ0n) is 19.2. The largest absolute Gasteiger partial charge is 0.421 e. The average molecular weight is 472 g/mol. The second-order valence-corrected chi connectivity index (χ2v) is 8.39. The molecule has 0 saturated carbocycles. The Morgan fingerprint density at radius 2 is 2.03 bits per heavy atom. The van der Waals surface area contributed by atoms with Gasteiger partial charge in [-0.1, -0.05) is 20.8 Å². The Bertz CT molecular complexity index is 866. The quantitative estimate of drug-likeness (QED) is 0.489. The van der Waals surface area contributed by atoms with Crippen LogP contribution in [0.25, 0.3) is 0 Å². The molecular formula is C22H32F3N5OS. The highest BCUT2D eigenvalue weighted by atomic mass is 32.2. The molecule has 1 saturated heterocycles. The Morgan fingerprint density at radius 1 is 1.28 bits per heavy atom. The number of alkyl halides is 3. The smallest absolute Gasteiger partial charge is 0.380 e. The molecule has 1 fully saturated rings. The normalized spacial score (nSPS) is 16.4. The minimum Gasteiger partial charge on any atom is -0.380 e. The molecule has 3 rings (SSSR count). The van der Waals surface area contributed by atoms with E-state index < -0.39 is 11.7 Å². The van der Waals surface area contributed by atoms with Crippen LogP contribution in [0.2, 0.25) is 0 Å². The summed E-state index contributed by atoms with van der Waals surface area (Å²) in [5.41, 5.74) is 0.740. The van der Waals surface area contributed by atoms with Gasteiger partial charge >= 0.3 is 6.18 Å². The highest BCUT2D eigenvalue weighted by Gasteiger charge is 2.37. The van der Waals surface area contributed by atoms with E-state index in [-0.39, 0.29) is 11.8 Å². The van der Waals surface area contributed by atoms with E-state index in [2.05, 4.69) is 20.0 Å². The molecule has 10 heteroatoms. The second kappa shape index (κ2) is 12.3. The van der Waals surface area contributed by atoms with Crippen molar-refractivity contribution < 1.29 is 17.9 Å². The number of anilines is 3. The number of aromatic nitrogens is 2. The summed E-state index contributed by atoms with van der Waals surface area (Å²) in [5.74, 6) is 0.376. The maximum atomic E-state index is 13.6. The molecule has 2 heterocycles. The van der Waals surface area contributed by atoms with Crippen molar-refractivity contribution in [3.63, 3.8) is 0 Å². The zero-order chi connectivity index (χ0) is 23.7. The SMILES string of the molecule is CC.CNSc1ccc(Nc2ncc(C(F)(F)F)c(N3CCCC(C)C3)n2)c(COC)c1. The molecule has 0 spiro atoms. The van der Waals surface area contributed by atoms with Crippen LogP contribution in [0.3, 0.4) is 0 Å². The molecule has 1 aromatic heterocycles. The van der Waals surface area contributed by atoms with Crippen molar-refractivity contribution in [2.75, 3.05) is 37.5 Å². The monoisotopic (exact) mass is 471 g/mol. The molecule has 6 nitrogen and oxygen atoms in total. The highest BCUT2D eigenvalue weighted by Crippen LogP contribution is 2.37. The Morgan fingerprint density at radius 3 is 2.66 bits per heavy atom.